The average molecular weight is 348 g/mol. The number of nitrogens with zero attached hydrogens (tertiary/aromatic N) is 1. The second kappa shape index (κ2) is 6.41. The lowest BCUT2D eigenvalue weighted by Gasteiger charge is -2.19. The maximum Gasteiger partial charge on any atom is 0.324 e. The summed E-state index contributed by atoms with van der Waals surface area (Å²) in [6, 6.07) is 17.5. The molecule has 26 heavy (non-hydrogen) atoms. The first-order valence-electron chi connectivity index (χ1n) is 8.76. The fraction of sp³-hybridized carbons (Fsp3) is 0.286. The lowest BCUT2D eigenvalue weighted by molar-refractivity contribution is -0.145. The van der Waals surface area contributed by atoms with Crippen molar-refractivity contribution >= 4 is 23.3 Å². The van der Waals surface area contributed by atoms with E-state index in [2.05, 4.69) is 10.3 Å². The summed E-state index contributed by atoms with van der Waals surface area (Å²) in [6.07, 6.45) is 1.74. The van der Waals surface area contributed by atoms with Crippen LogP contribution in [0.15, 0.2) is 59.6 Å². The molecule has 5 heteroatoms. The van der Waals surface area contributed by atoms with Crippen LogP contribution in [0.5, 0.6) is 0 Å². The number of carbonyl (C=O) groups excluding carboxylic acids is 2. The first-order valence-corrected chi connectivity index (χ1v) is 8.76. The van der Waals surface area contributed by atoms with Crippen molar-refractivity contribution in [1.29, 1.82) is 0 Å². The van der Waals surface area contributed by atoms with E-state index in [-0.39, 0.29) is 18.1 Å². The predicted octanol–water partition coefficient (Wildman–Crippen LogP) is 3.05. The van der Waals surface area contributed by atoms with Crippen LogP contribution in [0.2, 0.25) is 0 Å². The molecular weight excluding hydrogens is 328 g/mol. The molecule has 132 valence electrons. The van der Waals surface area contributed by atoms with Crippen molar-refractivity contribution in [2.24, 2.45) is 10.9 Å². The van der Waals surface area contributed by atoms with E-state index in [9.17, 15) is 9.59 Å². The van der Waals surface area contributed by atoms with Gasteiger partial charge in [0.2, 0.25) is 5.91 Å². The van der Waals surface area contributed by atoms with E-state index >= 15 is 0 Å². The van der Waals surface area contributed by atoms with Crippen LogP contribution in [-0.2, 0) is 19.9 Å². The Hall–Kier alpha value is -2.95. The third kappa shape index (κ3) is 3.12. The lowest BCUT2D eigenvalue weighted by Crippen LogP contribution is -2.42. The number of aryl methyl sites for hydroxylation is 1. The van der Waals surface area contributed by atoms with E-state index in [1.165, 1.54) is 0 Å². The number of hydrogen-bond acceptors (Lipinski definition) is 4. The van der Waals surface area contributed by atoms with Gasteiger partial charge in [-0.15, -0.1) is 0 Å². The van der Waals surface area contributed by atoms with Gasteiger partial charge in [0.05, 0.1) is 16.9 Å². The molecule has 0 aromatic heterocycles. The number of nitrogens with one attached hydrogen (secondary N) is 1. The number of aliphatic imine (C=N–C) groups is 1. The van der Waals surface area contributed by atoms with Crippen molar-refractivity contribution in [3.05, 3.63) is 65.7 Å². The minimum Gasteiger partial charge on any atom is -0.459 e. The summed E-state index contributed by atoms with van der Waals surface area (Å²) >= 11 is 0. The Labute approximate surface area is 152 Å². The fourth-order valence-electron chi connectivity index (χ4n) is 3.34. The highest BCUT2D eigenvalue weighted by atomic mass is 16.5. The number of carbonyl (C=O) groups is 2. The Balaban J connectivity index is 1.57. The van der Waals surface area contributed by atoms with Gasteiger partial charge in [-0.05, 0) is 43.0 Å². The summed E-state index contributed by atoms with van der Waals surface area (Å²) in [5.74, 6) is -1.84. The van der Waals surface area contributed by atoms with Gasteiger partial charge >= 0.3 is 5.97 Å². The van der Waals surface area contributed by atoms with Crippen LogP contribution in [0.3, 0.4) is 0 Å². The van der Waals surface area contributed by atoms with E-state index in [1.54, 1.807) is 0 Å². The third-order valence-electron chi connectivity index (χ3n) is 4.91. The second-order valence-electron chi connectivity index (χ2n) is 6.92. The van der Waals surface area contributed by atoms with E-state index < -0.39 is 11.9 Å². The van der Waals surface area contributed by atoms with Crippen LogP contribution in [0, 0.1) is 12.8 Å². The maximum absolute atomic E-state index is 12.9. The van der Waals surface area contributed by atoms with E-state index in [4.69, 9.17) is 4.74 Å². The van der Waals surface area contributed by atoms with Gasteiger partial charge in [0, 0.05) is 0 Å². The lowest BCUT2D eigenvalue weighted by atomic mass is 10.0. The zero-order valence-corrected chi connectivity index (χ0v) is 14.6. The van der Waals surface area contributed by atoms with Crippen molar-refractivity contribution in [1.82, 2.24) is 5.32 Å². The van der Waals surface area contributed by atoms with Crippen molar-refractivity contribution < 1.29 is 14.3 Å². The zero-order chi connectivity index (χ0) is 18.1. The summed E-state index contributed by atoms with van der Waals surface area (Å²) in [4.78, 5) is 29.5. The fourth-order valence-corrected chi connectivity index (χ4v) is 3.34. The topological polar surface area (TPSA) is 67.8 Å². The Morgan fingerprint density at radius 3 is 2.62 bits per heavy atom. The molecule has 0 bridgehead atoms. The Kier molecular flexibility index (Phi) is 4.07. The molecule has 0 spiro atoms. The van der Waals surface area contributed by atoms with E-state index in [0.717, 1.165) is 29.7 Å². The van der Waals surface area contributed by atoms with Crippen molar-refractivity contribution in [2.45, 2.75) is 25.3 Å². The molecule has 1 aliphatic heterocycles. The number of rotatable bonds is 4. The summed E-state index contributed by atoms with van der Waals surface area (Å²) in [5.41, 5.74) is 2.95. The number of esters is 1. The SMILES string of the molecule is Cc1cccc(N=C2COC(=O)C2C(=O)NC2(c3ccccc3)CC2)c1. The van der Waals surface area contributed by atoms with Gasteiger partial charge in [0.15, 0.2) is 5.92 Å². The molecule has 1 N–H and O–H groups in total. The summed E-state index contributed by atoms with van der Waals surface area (Å²) < 4.78 is 5.11. The highest BCUT2D eigenvalue weighted by Crippen LogP contribution is 2.45. The molecule has 1 atom stereocenters. The zero-order valence-electron chi connectivity index (χ0n) is 14.6. The molecule has 2 aromatic rings. The van der Waals surface area contributed by atoms with Crippen LogP contribution in [0.25, 0.3) is 0 Å². The molecule has 1 amide bonds. The molecule has 4 rings (SSSR count). The first kappa shape index (κ1) is 16.5. The summed E-state index contributed by atoms with van der Waals surface area (Å²) in [5, 5.41) is 3.06. The standard InChI is InChI=1S/C21H20N2O3/c1-14-6-5-9-16(12-14)22-17-13-26-20(25)18(17)19(24)23-21(10-11-21)15-7-3-2-4-8-15/h2-9,12,18H,10-11,13H2,1H3,(H,23,24). The quantitative estimate of drug-likeness (QED) is 0.682. The molecule has 1 saturated carbocycles. The molecule has 2 fully saturated rings. The van der Waals surface area contributed by atoms with Crippen LogP contribution >= 0.6 is 0 Å². The maximum atomic E-state index is 12.9. The number of ether oxygens (including phenoxy) is 1. The van der Waals surface area contributed by atoms with Crippen LogP contribution in [0.1, 0.15) is 24.0 Å². The molecule has 2 aromatic carbocycles. The van der Waals surface area contributed by atoms with Gasteiger partial charge in [-0.2, -0.15) is 0 Å². The van der Waals surface area contributed by atoms with Crippen LogP contribution in [-0.4, -0.2) is 24.2 Å². The van der Waals surface area contributed by atoms with Gasteiger partial charge < -0.3 is 10.1 Å². The van der Waals surface area contributed by atoms with E-state index in [1.807, 2.05) is 61.5 Å². The largest absolute Gasteiger partial charge is 0.459 e. The second-order valence-corrected chi connectivity index (χ2v) is 6.92. The number of cyclic esters (lactones) is 1. The third-order valence-corrected chi connectivity index (χ3v) is 4.91. The average Bonchev–Trinajstić information content (AvgIpc) is 3.32. The molecule has 0 radical (unpaired) electrons. The van der Waals surface area contributed by atoms with Gasteiger partial charge in [-0.3, -0.25) is 14.6 Å². The smallest absolute Gasteiger partial charge is 0.324 e. The molecule has 1 aliphatic carbocycles. The number of hydrogen-bond donors (Lipinski definition) is 1. The minimum atomic E-state index is -0.975. The molecule has 2 aliphatic rings. The van der Waals surface area contributed by atoms with Crippen LogP contribution < -0.4 is 5.32 Å². The molecule has 1 heterocycles. The number of benzene rings is 2. The molecule has 5 nitrogen and oxygen atoms in total. The Morgan fingerprint density at radius 2 is 1.92 bits per heavy atom. The molecule has 1 saturated heterocycles. The Bertz CT molecular complexity index is 885. The molecule has 1 unspecified atom stereocenters. The first-order chi connectivity index (χ1) is 12.6. The molecular formula is C21H20N2O3. The number of amides is 1. The van der Waals surface area contributed by atoms with Gasteiger partial charge in [-0.25, -0.2) is 0 Å². The van der Waals surface area contributed by atoms with Crippen molar-refractivity contribution in [3.63, 3.8) is 0 Å². The van der Waals surface area contributed by atoms with Crippen molar-refractivity contribution in [3.8, 4) is 0 Å². The minimum absolute atomic E-state index is 0.0587. The predicted molar refractivity (Wildman–Crippen MR) is 98.2 cm³/mol. The van der Waals surface area contributed by atoms with E-state index in [0.29, 0.717) is 5.71 Å². The monoisotopic (exact) mass is 348 g/mol. The van der Waals surface area contributed by atoms with Gasteiger partial charge in [0.1, 0.15) is 6.61 Å². The normalized spacial score (nSPS) is 22.1. The van der Waals surface area contributed by atoms with Crippen LogP contribution in [0.4, 0.5) is 5.69 Å². The van der Waals surface area contributed by atoms with Gasteiger partial charge in [0.25, 0.3) is 0 Å². The summed E-state index contributed by atoms with van der Waals surface area (Å²) in [6.45, 7) is 2.03. The highest BCUT2D eigenvalue weighted by molar-refractivity contribution is 6.22. The Morgan fingerprint density at radius 1 is 1.15 bits per heavy atom. The van der Waals surface area contributed by atoms with Gasteiger partial charge in [-0.1, -0.05) is 42.5 Å². The summed E-state index contributed by atoms with van der Waals surface area (Å²) in [7, 11) is 0. The van der Waals surface area contributed by atoms with Crippen molar-refractivity contribution in [2.75, 3.05) is 6.61 Å². The highest BCUT2D eigenvalue weighted by Gasteiger charge is 2.49.